The summed E-state index contributed by atoms with van der Waals surface area (Å²) < 4.78 is 1.28. The molecule has 2 aromatic rings. The van der Waals surface area contributed by atoms with E-state index in [0.717, 1.165) is 4.83 Å². The summed E-state index contributed by atoms with van der Waals surface area (Å²) in [7, 11) is 0. The van der Waals surface area contributed by atoms with Crippen LogP contribution < -0.4 is 0 Å². The van der Waals surface area contributed by atoms with Crippen LogP contribution >= 0.6 is 33.9 Å². The van der Waals surface area contributed by atoms with E-state index in [2.05, 4.69) is 39.0 Å². The zero-order chi connectivity index (χ0) is 6.97. The Kier molecular flexibility index (Phi) is 1.61. The van der Waals surface area contributed by atoms with E-state index in [1.807, 2.05) is 12.3 Å². The zero-order valence-electron chi connectivity index (χ0n) is 5.04. The topological polar surface area (TPSA) is 12.9 Å². The Bertz CT molecular complexity index is 355. The maximum atomic E-state index is 4.22. The summed E-state index contributed by atoms with van der Waals surface area (Å²) in [5.74, 6) is 0. The highest BCUT2D eigenvalue weighted by molar-refractivity contribution is 14.1. The van der Waals surface area contributed by atoms with Crippen LogP contribution in [0.25, 0.3) is 10.2 Å². The quantitative estimate of drug-likeness (QED) is 0.664. The number of fused-ring (bicyclic) bond motifs is 1. The number of hydrogen-bond donors (Lipinski definition) is 0. The molecule has 0 atom stereocenters. The number of rotatable bonds is 0. The lowest BCUT2D eigenvalue weighted by Crippen LogP contribution is -1.73. The molecule has 2 heterocycles. The van der Waals surface area contributed by atoms with Gasteiger partial charge in [0.1, 0.15) is 4.83 Å². The molecule has 0 bridgehead atoms. The van der Waals surface area contributed by atoms with Gasteiger partial charge < -0.3 is 0 Å². The number of halogens is 1. The van der Waals surface area contributed by atoms with E-state index >= 15 is 0 Å². The third-order valence-corrected chi connectivity index (χ3v) is 3.08. The van der Waals surface area contributed by atoms with Crippen LogP contribution in [0.15, 0.2) is 23.7 Å². The van der Waals surface area contributed by atoms with Crippen molar-refractivity contribution in [2.75, 3.05) is 0 Å². The second-order valence-corrected chi connectivity index (χ2v) is 3.99. The van der Waals surface area contributed by atoms with Gasteiger partial charge in [0.05, 0.1) is 0 Å². The first kappa shape index (κ1) is 6.54. The molecule has 50 valence electrons. The molecule has 2 rings (SSSR count). The average Bonchev–Trinajstić information content (AvgIpc) is 2.36. The molecular weight excluding hydrogens is 257 g/mol. The van der Waals surface area contributed by atoms with Crippen molar-refractivity contribution >= 4 is 44.1 Å². The van der Waals surface area contributed by atoms with Gasteiger partial charge in [0.15, 0.2) is 0 Å². The molecule has 0 saturated heterocycles. The van der Waals surface area contributed by atoms with E-state index in [1.54, 1.807) is 11.3 Å². The molecule has 0 amide bonds. The third-order valence-electron chi connectivity index (χ3n) is 1.31. The predicted molar refractivity (Wildman–Crippen MR) is 52.3 cm³/mol. The van der Waals surface area contributed by atoms with Gasteiger partial charge in [-0.05, 0) is 40.1 Å². The Morgan fingerprint density at radius 3 is 3.10 bits per heavy atom. The molecule has 0 aromatic carbocycles. The maximum Gasteiger partial charge on any atom is 0.124 e. The second-order valence-electron chi connectivity index (χ2n) is 1.93. The van der Waals surface area contributed by atoms with Crippen LogP contribution in [0.2, 0.25) is 0 Å². The van der Waals surface area contributed by atoms with Gasteiger partial charge in [0.25, 0.3) is 0 Å². The summed E-state index contributed by atoms with van der Waals surface area (Å²) in [5.41, 5.74) is 0. The highest BCUT2D eigenvalue weighted by Gasteiger charge is 1.97. The van der Waals surface area contributed by atoms with E-state index in [4.69, 9.17) is 0 Å². The molecule has 0 fully saturated rings. The highest BCUT2D eigenvalue weighted by atomic mass is 127. The number of nitrogens with zero attached hydrogens (tertiary/aromatic N) is 1. The lowest BCUT2D eigenvalue weighted by molar-refractivity contribution is 1.43. The molecular formula is C7H4INS. The van der Waals surface area contributed by atoms with Crippen molar-refractivity contribution in [3.05, 3.63) is 27.3 Å². The molecule has 2 aromatic heterocycles. The molecule has 0 aliphatic rings. The molecule has 3 heteroatoms. The fourth-order valence-electron chi connectivity index (χ4n) is 0.843. The van der Waals surface area contributed by atoms with E-state index < -0.39 is 0 Å². The number of hydrogen-bond acceptors (Lipinski definition) is 2. The minimum atomic E-state index is 1.13. The fourth-order valence-corrected chi connectivity index (χ4v) is 2.38. The van der Waals surface area contributed by atoms with Gasteiger partial charge in [0.2, 0.25) is 0 Å². The SMILES string of the molecule is Ic1ccnc2sccc12. The van der Waals surface area contributed by atoms with Gasteiger partial charge in [-0.1, -0.05) is 0 Å². The molecule has 0 N–H and O–H groups in total. The van der Waals surface area contributed by atoms with Crippen LogP contribution in [-0.4, -0.2) is 4.98 Å². The Balaban J connectivity index is 2.95. The normalized spacial score (nSPS) is 10.5. The molecule has 0 saturated carbocycles. The summed E-state index contributed by atoms with van der Waals surface area (Å²) in [6, 6.07) is 4.13. The Morgan fingerprint density at radius 2 is 2.30 bits per heavy atom. The van der Waals surface area contributed by atoms with Gasteiger partial charge in [-0.3, -0.25) is 0 Å². The van der Waals surface area contributed by atoms with Crippen molar-refractivity contribution in [3.8, 4) is 0 Å². The summed E-state index contributed by atoms with van der Waals surface area (Å²) in [6.07, 6.45) is 1.85. The molecule has 0 unspecified atom stereocenters. The van der Waals surface area contributed by atoms with Crippen LogP contribution in [0.3, 0.4) is 0 Å². The highest BCUT2D eigenvalue weighted by Crippen LogP contribution is 2.22. The van der Waals surface area contributed by atoms with Crippen molar-refractivity contribution in [2.45, 2.75) is 0 Å². The Labute approximate surface area is 76.2 Å². The van der Waals surface area contributed by atoms with Crippen LogP contribution in [0.5, 0.6) is 0 Å². The molecule has 0 aliphatic carbocycles. The van der Waals surface area contributed by atoms with Crippen LogP contribution in [0.4, 0.5) is 0 Å². The number of aromatic nitrogens is 1. The molecule has 0 aliphatic heterocycles. The summed E-state index contributed by atoms with van der Waals surface area (Å²) in [4.78, 5) is 5.35. The molecule has 0 spiro atoms. The van der Waals surface area contributed by atoms with Gasteiger partial charge in [-0.2, -0.15) is 0 Å². The standard InChI is InChI=1S/C7H4INS/c8-6-1-3-9-7-5(6)2-4-10-7/h1-4H. The lowest BCUT2D eigenvalue weighted by Gasteiger charge is -1.89. The van der Waals surface area contributed by atoms with Crippen LogP contribution in [0.1, 0.15) is 0 Å². The number of thiophene rings is 1. The van der Waals surface area contributed by atoms with Crippen molar-refractivity contribution in [1.82, 2.24) is 4.98 Å². The Morgan fingerprint density at radius 1 is 1.40 bits per heavy atom. The second kappa shape index (κ2) is 2.47. The monoisotopic (exact) mass is 261 g/mol. The van der Waals surface area contributed by atoms with E-state index in [0.29, 0.717) is 0 Å². The fraction of sp³-hybridized carbons (Fsp3) is 0. The minimum Gasteiger partial charge on any atom is -0.245 e. The van der Waals surface area contributed by atoms with Crippen molar-refractivity contribution < 1.29 is 0 Å². The molecule has 1 nitrogen and oxygen atoms in total. The smallest absolute Gasteiger partial charge is 0.124 e. The largest absolute Gasteiger partial charge is 0.245 e. The molecule has 10 heavy (non-hydrogen) atoms. The summed E-state index contributed by atoms with van der Waals surface area (Å²) >= 11 is 4.01. The van der Waals surface area contributed by atoms with Gasteiger partial charge in [0, 0.05) is 15.2 Å². The van der Waals surface area contributed by atoms with Crippen molar-refractivity contribution in [2.24, 2.45) is 0 Å². The van der Waals surface area contributed by atoms with Gasteiger partial charge in [-0.15, -0.1) is 11.3 Å². The third kappa shape index (κ3) is 0.932. The average molecular weight is 261 g/mol. The lowest BCUT2D eigenvalue weighted by atomic mass is 10.4. The van der Waals surface area contributed by atoms with E-state index in [9.17, 15) is 0 Å². The first-order valence-electron chi connectivity index (χ1n) is 2.85. The maximum absolute atomic E-state index is 4.22. The molecule has 0 radical (unpaired) electrons. The number of pyridine rings is 1. The predicted octanol–water partition coefficient (Wildman–Crippen LogP) is 2.90. The van der Waals surface area contributed by atoms with E-state index in [-0.39, 0.29) is 0 Å². The van der Waals surface area contributed by atoms with Gasteiger partial charge >= 0.3 is 0 Å². The van der Waals surface area contributed by atoms with Crippen LogP contribution in [-0.2, 0) is 0 Å². The minimum absolute atomic E-state index is 1.13. The Hall–Kier alpha value is -0.160. The first-order chi connectivity index (χ1) is 4.88. The summed E-state index contributed by atoms with van der Waals surface area (Å²) in [6.45, 7) is 0. The van der Waals surface area contributed by atoms with Crippen molar-refractivity contribution in [3.63, 3.8) is 0 Å². The van der Waals surface area contributed by atoms with Crippen molar-refractivity contribution in [1.29, 1.82) is 0 Å². The summed E-state index contributed by atoms with van der Waals surface area (Å²) in [5, 5.41) is 3.34. The van der Waals surface area contributed by atoms with Gasteiger partial charge in [-0.25, -0.2) is 4.98 Å². The first-order valence-corrected chi connectivity index (χ1v) is 4.81. The van der Waals surface area contributed by atoms with E-state index in [1.165, 1.54) is 8.96 Å². The zero-order valence-corrected chi connectivity index (χ0v) is 8.02. The van der Waals surface area contributed by atoms with Crippen LogP contribution in [0, 0.1) is 3.57 Å².